The van der Waals surface area contributed by atoms with Crippen LogP contribution in [0.15, 0.2) is 54.6 Å². The highest BCUT2D eigenvalue weighted by atomic mass is 16.5. The van der Waals surface area contributed by atoms with Crippen molar-refractivity contribution in [2.75, 3.05) is 13.6 Å². The van der Waals surface area contributed by atoms with Crippen LogP contribution in [0, 0.1) is 6.92 Å². The fourth-order valence-corrected chi connectivity index (χ4v) is 2.47. The van der Waals surface area contributed by atoms with Gasteiger partial charge < -0.3 is 20.7 Å². The number of hydrogen-bond donors (Lipinski definition) is 3. The molecule has 0 aliphatic heterocycles. The summed E-state index contributed by atoms with van der Waals surface area (Å²) in [7, 11) is 1.53. The standard InChI is InChI=1S/C20H25N3O3/c1-15-7-6-10-17(11-15)12-22-13-18(19(24)21-2)23-20(25)26-14-16-8-4-3-5-9-16/h3-11,18,22H,12-14H2,1-2H3,(H,21,24)(H,23,25)/t18-/m0/s1. The number of rotatable bonds is 8. The monoisotopic (exact) mass is 355 g/mol. The molecule has 0 aliphatic carbocycles. The maximum absolute atomic E-state index is 12.0. The minimum atomic E-state index is -0.715. The van der Waals surface area contributed by atoms with Crippen molar-refractivity contribution in [3.63, 3.8) is 0 Å². The Bertz CT molecular complexity index is 719. The van der Waals surface area contributed by atoms with E-state index in [1.54, 1.807) is 0 Å². The van der Waals surface area contributed by atoms with Gasteiger partial charge in [-0.1, -0.05) is 60.2 Å². The van der Waals surface area contributed by atoms with Gasteiger partial charge >= 0.3 is 6.09 Å². The molecule has 0 aliphatic rings. The number of likely N-dealkylation sites (N-methyl/N-ethyl adjacent to an activating group) is 1. The van der Waals surface area contributed by atoms with E-state index >= 15 is 0 Å². The number of amides is 2. The van der Waals surface area contributed by atoms with Gasteiger partial charge in [-0.05, 0) is 18.1 Å². The summed E-state index contributed by atoms with van der Waals surface area (Å²) in [4.78, 5) is 24.0. The highest BCUT2D eigenvalue weighted by molar-refractivity contribution is 5.85. The van der Waals surface area contributed by atoms with Gasteiger partial charge in [-0.3, -0.25) is 4.79 Å². The number of nitrogens with one attached hydrogen (secondary N) is 3. The van der Waals surface area contributed by atoms with Crippen LogP contribution >= 0.6 is 0 Å². The van der Waals surface area contributed by atoms with E-state index in [1.807, 2.05) is 55.5 Å². The van der Waals surface area contributed by atoms with Crippen molar-refractivity contribution in [2.45, 2.75) is 26.1 Å². The SMILES string of the molecule is CNC(=O)[C@H](CNCc1cccc(C)c1)NC(=O)OCc1ccccc1. The van der Waals surface area contributed by atoms with Crippen LogP contribution in [0.25, 0.3) is 0 Å². The quantitative estimate of drug-likeness (QED) is 0.678. The highest BCUT2D eigenvalue weighted by Gasteiger charge is 2.20. The number of benzene rings is 2. The smallest absolute Gasteiger partial charge is 0.408 e. The molecule has 0 heterocycles. The molecule has 0 bridgehead atoms. The molecule has 0 spiro atoms. The number of carbonyl (C=O) groups is 2. The molecule has 1 atom stereocenters. The van der Waals surface area contributed by atoms with E-state index in [0.717, 1.165) is 11.1 Å². The van der Waals surface area contributed by atoms with Gasteiger partial charge in [0, 0.05) is 20.1 Å². The molecule has 2 aromatic carbocycles. The van der Waals surface area contributed by atoms with Crippen LogP contribution in [-0.2, 0) is 22.7 Å². The molecule has 0 fully saturated rings. The third-order valence-electron chi connectivity index (χ3n) is 3.83. The zero-order valence-corrected chi connectivity index (χ0v) is 15.1. The Kier molecular flexibility index (Phi) is 7.64. The first-order valence-electron chi connectivity index (χ1n) is 8.53. The molecule has 0 saturated heterocycles. The Morgan fingerprint density at radius 3 is 2.46 bits per heavy atom. The number of aryl methyl sites for hydroxylation is 1. The molecule has 138 valence electrons. The molecule has 2 aromatic rings. The van der Waals surface area contributed by atoms with E-state index in [0.29, 0.717) is 13.1 Å². The molecule has 3 N–H and O–H groups in total. The van der Waals surface area contributed by atoms with Crippen LogP contribution in [0.1, 0.15) is 16.7 Å². The zero-order valence-electron chi connectivity index (χ0n) is 15.1. The lowest BCUT2D eigenvalue weighted by Crippen LogP contribution is -2.51. The van der Waals surface area contributed by atoms with Crippen LogP contribution < -0.4 is 16.0 Å². The number of alkyl carbamates (subject to hydrolysis) is 1. The molecule has 0 unspecified atom stereocenters. The summed E-state index contributed by atoms with van der Waals surface area (Å²) in [6.07, 6.45) is -0.625. The second-order valence-electron chi connectivity index (χ2n) is 5.99. The molecule has 0 aromatic heterocycles. The van der Waals surface area contributed by atoms with Gasteiger partial charge in [0.2, 0.25) is 5.91 Å². The van der Waals surface area contributed by atoms with Crippen molar-refractivity contribution in [3.05, 3.63) is 71.3 Å². The van der Waals surface area contributed by atoms with E-state index < -0.39 is 12.1 Å². The summed E-state index contributed by atoms with van der Waals surface area (Å²) in [5.41, 5.74) is 3.18. The summed E-state index contributed by atoms with van der Waals surface area (Å²) in [6.45, 7) is 3.09. The Labute approximate surface area is 153 Å². The Balaban J connectivity index is 1.82. The maximum atomic E-state index is 12.0. The largest absolute Gasteiger partial charge is 0.445 e. The zero-order chi connectivity index (χ0) is 18.8. The second-order valence-corrected chi connectivity index (χ2v) is 5.99. The predicted molar refractivity (Wildman–Crippen MR) is 101 cm³/mol. The van der Waals surface area contributed by atoms with Crippen LogP contribution in [0.2, 0.25) is 0 Å². The van der Waals surface area contributed by atoms with Crippen molar-refractivity contribution in [3.8, 4) is 0 Å². The van der Waals surface area contributed by atoms with Crippen molar-refractivity contribution < 1.29 is 14.3 Å². The summed E-state index contributed by atoms with van der Waals surface area (Å²) in [5, 5.41) is 8.34. The lowest BCUT2D eigenvalue weighted by Gasteiger charge is -2.18. The van der Waals surface area contributed by atoms with E-state index in [9.17, 15) is 9.59 Å². The first kappa shape index (κ1) is 19.5. The average molecular weight is 355 g/mol. The third kappa shape index (κ3) is 6.57. The van der Waals surface area contributed by atoms with Crippen molar-refractivity contribution in [1.82, 2.24) is 16.0 Å². The average Bonchev–Trinajstić information content (AvgIpc) is 2.66. The normalized spacial score (nSPS) is 11.5. The number of ether oxygens (including phenoxy) is 1. The molecular formula is C20H25N3O3. The molecule has 2 rings (SSSR count). The van der Waals surface area contributed by atoms with E-state index in [-0.39, 0.29) is 12.5 Å². The topological polar surface area (TPSA) is 79.5 Å². The van der Waals surface area contributed by atoms with Gasteiger partial charge in [-0.25, -0.2) is 4.79 Å². The Hall–Kier alpha value is -2.86. The van der Waals surface area contributed by atoms with Crippen LogP contribution in [0.4, 0.5) is 4.79 Å². The Morgan fingerprint density at radius 2 is 1.77 bits per heavy atom. The van der Waals surface area contributed by atoms with Gasteiger partial charge in [0.05, 0.1) is 0 Å². The van der Waals surface area contributed by atoms with Crippen molar-refractivity contribution >= 4 is 12.0 Å². The number of hydrogen-bond acceptors (Lipinski definition) is 4. The summed E-state index contributed by atoms with van der Waals surface area (Å²) >= 11 is 0. The first-order valence-corrected chi connectivity index (χ1v) is 8.53. The number of carbonyl (C=O) groups excluding carboxylic acids is 2. The summed E-state index contributed by atoms with van der Waals surface area (Å²) in [6, 6.07) is 16.8. The van der Waals surface area contributed by atoms with Crippen LogP contribution in [0.5, 0.6) is 0 Å². The van der Waals surface area contributed by atoms with Crippen LogP contribution in [0.3, 0.4) is 0 Å². The molecule has 0 radical (unpaired) electrons. The van der Waals surface area contributed by atoms with E-state index in [1.165, 1.54) is 12.6 Å². The second kappa shape index (κ2) is 10.2. The maximum Gasteiger partial charge on any atom is 0.408 e. The van der Waals surface area contributed by atoms with Crippen LogP contribution in [-0.4, -0.2) is 31.6 Å². The third-order valence-corrected chi connectivity index (χ3v) is 3.83. The first-order chi connectivity index (χ1) is 12.6. The highest BCUT2D eigenvalue weighted by Crippen LogP contribution is 2.03. The van der Waals surface area contributed by atoms with Crippen molar-refractivity contribution in [1.29, 1.82) is 0 Å². The molecule has 0 saturated carbocycles. The van der Waals surface area contributed by atoms with Gasteiger partial charge in [0.1, 0.15) is 12.6 Å². The molecule has 6 nitrogen and oxygen atoms in total. The summed E-state index contributed by atoms with van der Waals surface area (Å²) in [5.74, 6) is -0.279. The molecule has 26 heavy (non-hydrogen) atoms. The lowest BCUT2D eigenvalue weighted by molar-refractivity contribution is -0.122. The van der Waals surface area contributed by atoms with Gasteiger partial charge in [0.25, 0.3) is 0 Å². The molecule has 6 heteroatoms. The van der Waals surface area contributed by atoms with Gasteiger partial charge in [0.15, 0.2) is 0 Å². The van der Waals surface area contributed by atoms with Gasteiger partial charge in [-0.15, -0.1) is 0 Å². The fraction of sp³-hybridized carbons (Fsp3) is 0.300. The lowest BCUT2D eigenvalue weighted by atomic mass is 10.1. The minimum Gasteiger partial charge on any atom is -0.445 e. The summed E-state index contributed by atoms with van der Waals surface area (Å²) < 4.78 is 5.18. The predicted octanol–water partition coefficient (Wildman–Crippen LogP) is 2.13. The van der Waals surface area contributed by atoms with Crippen molar-refractivity contribution in [2.24, 2.45) is 0 Å². The molecular weight excluding hydrogens is 330 g/mol. The van der Waals surface area contributed by atoms with Gasteiger partial charge in [-0.2, -0.15) is 0 Å². The van der Waals surface area contributed by atoms with E-state index in [2.05, 4.69) is 22.0 Å². The fourth-order valence-electron chi connectivity index (χ4n) is 2.47. The Morgan fingerprint density at radius 1 is 1.04 bits per heavy atom. The molecule has 2 amide bonds. The van der Waals surface area contributed by atoms with E-state index in [4.69, 9.17) is 4.74 Å². The minimum absolute atomic E-state index is 0.157.